The average Bonchev–Trinajstić information content (AvgIpc) is 2.84. The summed E-state index contributed by atoms with van der Waals surface area (Å²) in [6.07, 6.45) is 0.236. The topological polar surface area (TPSA) is 94.3 Å². The van der Waals surface area contributed by atoms with Crippen LogP contribution in [0.2, 0.25) is 0 Å². The van der Waals surface area contributed by atoms with Crippen LogP contribution in [0.15, 0.2) is 28.5 Å². The molecule has 0 bridgehead atoms. The number of carbonyl (C=O) groups excluding carboxylic acids is 2. The lowest BCUT2D eigenvalue weighted by Crippen LogP contribution is -2.14. The maximum Gasteiger partial charge on any atom is 0.230 e. The van der Waals surface area contributed by atoms with E-state index in [1.165, 1.54) is 23.1 Å². The van der Waals surface area contributed by atoms with Crippen LogP contribution in [0.25, 0.3) is 0 Å². The molecule has 0 aliphatic rings. The SMILES string of the molecule is COc1cccc(CC(=O)Nc2nc(C)c(SCC(N)=O)s2)c1. The summed E-state index contributed by atoms with van der Waals surface area (Å²) in [7, 11) is 1.59. The predicted octanol–water partition coefficient (Wildman–Crippen LogP) is 2.22. The second-order valence-corrected chi connectivity index (χ2v) is 6.97. The Bertz CT molecular complexity index is 716. The molecule has 3 N–H and O–H groups in total. The van der Waals surface area contributed by atoms with Gasteiger partial charge in [-0.3, -0.25) is 9.59 Å². The summed E-state index contributed by atoms with van der Waals surface area (Å²) in [6, 6.07) is 7.35. The van der Waals surface area contributed by atoms with Gasteiger partial charge in [0.25, 0.3) is 0 Å². The zero-order valence-electron chi connectivity index (χ0n) is 12.8. The number of carbonyl (C=O) groups is 2. The van der Waals surface area contributed by atoms with Crippen LogP contribution < -0.4 is 15.8 Å². The lowest BCUT2D eigenvalue weighted by atomic mass is 10.1. The molecule has 0 radical (unpaired) electrons. The van der Waals surface area contributed by atoms with E-state index in [2.05, 4.69) is 10.3 Å². The first-order valence-corrected chi connectivity index (χ1v) is 8.59. The van der Waals surface area contributed by atoms with Crippen molar-refractivity contribution in [1.82, 2.24) is 4.98 Å². The number of thioether (sulfide) groups is 1. The lowest BCUT2D eigenvalue weighted by Gasteiger charge is -2.04. The molecule has 0 aliphatic carbocycles. The molecular formula is C15H17N3O3S2. The van der Waals surface area contributed by atoms with Crippen molar-refractivity contribution in [2.45, 2.75) is 17.6 Å². The van der Waals surface area contributed by atoms with Crippen LogP contribution in [0.4, 0.5) is 5.13 Å². The molecular weight excluding hydrogens is 334 g/mol. The van der Waals surface area contributed by atoms with Gasteiger partial charge in [-0.25, -0.2) is 4.98 Å². The van der Waals surface area contributed by atoms with E-state index in [1.807, 2.05) is 31.2 Å². The molecule has 0 atom stereocenters. The molecule has 1 aromatic heterocycles. The van der Waals surface area contributed by atoms with E-state index in [-0.39, 0.29) is 24.0 Å². The van der Waals surface area contributed by atoms with E-state index < -0.39 is 0 Å². The Kier molecular flexibility index (Phi) is 6.00. The van der Waals surface area contributed by atoms with Crippen molar-refractivity contribution in [2.24, 2.45) is 5.73 Å². The summed E-state index contributed by atoms with van der Waals surface area (Å²) < 4.78 is 6.01. The molecule has 0 fully saturated rings. The second kappa shape index (κ2) is 7.98. The van der Waals surface area contributed by atoms with Crippen LogP contribution in [0, 0.1) is 6.92 Å². The molecule has 0 saturated carbocycles. The van der Waals surface area contributed by atoms with Crippen molar-refractivity contribution in [3.05, 3.63) is 35.5 Å². The number of nitrogens with zero attached hydrogens (tertiary/aromatic N) is 1. The van der Waals surface area contributed by atoms with Crippen LogP contribution in [0.1, 0.15) is 11.3 Å². The normalized spacial score (nSPS) is 10.3. The fraction of sp³-hybridized carbons (Fsp3) is 0.267. The molecule has 0 saturated heterocycles. The summed E-state index contributed by atoms with van der Waals surface area (Å²) >= 11 is 2.66. The summed E-state index contributed by atoms with van der Waals surface area (Å²) in [6.45, 7) is 1.83. The Morgan fingerprint density at radius 1 is 1.43 bits per heavy atom. The highest BCUT2D eigenvalue weighted by molar-refractivity contribution is 8.01. The van der Waals surface area contributed by atoms with Gasteiger partial charge in [-0.15, -0.1) is 11.8 Å². The summed E-state index contributed by atoms with van der Waals surface area (Å²) in [5, 5.41) is 3.29. The number of benzene rings is 1. The number of thiazole rings is 1. The second-order valence-electron chi connectivity index (χ2n) is 4.72. The molecule has 2 amide bonds. The van der Waals surface area contributed by atoms with Gasteiger partial charge in [0, 0.05) is 0 Å². The fourth-order valence-electron chi connectivity index (χ4n) is 1.84. The Hall–Kier alpha value is -2.06. The zero-order valence-corrected chi connectivity index (χ0v) is 14.4. The predicted molar refractivity (Wildman–Crippen MR) is 92.1 cm³/mol. The minimum atomic E-state index is -0.383. The Morgan fingerprint density at radius 2 is 2.22 bits per heavy atom. The van der Waals surface area contributed by atoms with Gasteiger partial charge in [0.15, 0.2) is 5.13 Å². The van der Waals surface area contributed by atoms with E-state index in [1.54, 1.807) is 7.11 Å². The third-order valence-electron chi connectivity index (χ3n) is 2.84. The number of anilines is 1. The van der Waals surface area contributed by atoms with Gasteiger partial charge in [0.2, 0.25) is 11.8 Å². The Balaban J connectivity index is 1.97. The summed E-state index contributed by atoms with van der Waals surface area (Å²) in [5.74, 6) is 0.371. The molecule has 122 valence electrons. The summed E-state index contributed by atoms with van der Waals surface area (Å²) in [4.78, 5) is 27.2. The molecule has 23 heavy (non-hydrogen) atoms. The van der Waals surface area contributed by atoms with E-state index in [0.29, 0.717) is 10.9 Å². The Labute approximate surface area is 142 Å². The number of methoxy groups -OCH3 is 1. The highest BCUT2D eigenvalue weighted by atomic mass is 32.2. The first-order chi connectivity index (χ1) is 11.0. The number of amides is 2. The number of rotatable bonds is 7. The number of nitrogens with two attached hydrogens (primary N) is 1. The third-order valence-corrected chi connectivity index (χ3v) is 5.30. The molecule has 0 spiro atoms. The van der Waals surface area contributed by atoms with Crippen LogP contribution >= 0.6 is 23.1 Å². The van der Waals surface area contributed by atoms with Crippen molar-refractivity contribution in [1.29, 1.82) is 0 Å². The van der Waals surface area contributed by atoms with Gasteiger partial charge >= 0.3 is 0 Å². The van der Waals surface area contributed by atoms with Gasteiger partial charge in [0.05, 0.1) is 29.2 Å². The van der Waals surface area contributed by atoms with Crippen LogP contribution in [-0.4, -0.2) is 29.7 Å². The molecule has 1 aromatic carbocycles. The van der Waals surface area contributed by atoms with Gasteiger partial charge in [0.1, 0.15) is 5.75 Å². The minimum absolute atomic E-state index is 0.154. The van der Waals surface area contributed by atoms with Crippen LogP contribution in [-0.2, 0) is 16.0 Å². The molecule has 1 heterocycles. The molecule has 8 heteroatoms. The van der Waals surface area contributed by atoms with Crippen molar-refractivity contribution in [3.63, 3.8) is 0 Å². The van der Waals surface area contributed by atoms with E-state index in [4.69, 9.17) is 10.5 Å². The first kappa shape index (κ1) is 17.3. The Morgan fingerprint density at radius 3 is 2.91 bits per heavy atom. The zero-order chi connectivity index (χ0) is 16.8. The number of nitrogens with one attached hydrogen (secondary N) is 1. The van der Waals surface area contributed by atoms with E-state index in [0.717, 1.165) is 15.5 Å². The fourth-order valence-corrected chi connectivity index (χ4v) is 3.73. The first-order valence-electron chi connectivity index (χ1n) is 6.79. The average molecular weight is 351 g/mol. The molecule has 0 unspecified atom stereocenters. The number of primary amides is 1. The number of ether oxygens (including phenoxy) is 1. The highest BCUT2D eigenvalue weighted by Gasteiger charge is 2.12. The van der Waals surface area contributed by atoms with Gasteiger partial charge in [-0.05, 0) is 24.6 Å². The van der Waals surface area contributed by atoms with Crippen molar-refractivity contribution >= 4 is 40.0 Å². The van der Waals surface area contributed by atoms with Crippen LogP contribution in [0.3, 0.4) is 0 Å². The van der Waals surface area contributed by atoms with Gasteiger partial charge < -0.3 is 15.8 Å². The third kappa shape index (κ3) is 5.26. The largest absolute Gasteiger partial charge is 0.497 e. The highest BCUT2D eigenvalue weighted by Crippen LogP contribution is 2.31. The van der Waals surface area contributed by atoms with Crippen molar-refractivity contribution < 1.29 is 14.3 Å². The number of hydrogen-bond donors (Lipinski definition) is 2. The maximum atomic E-state index is 12.1. The van der Waals surface area contributed by atoms with E-state index in [9.17, 15) is 9.59 Å². The summed E-state index contributed by atoms with van der Waals surface area (Å²) in [5.41, 5.74) is 6.77. The lowest BCUT2D eigenvalue weighted by molar-refractivity contribution is -0.116. The molecule has 2 aromatic rings. The standard InChI is InChI=1S/C15H17N3O3S2/c1-9-14(22-8-12(16)19)23-15(17-9)18-13(20)7-10-4-3-5-11(6-10)21-2/h3-6H,7-8H2,1-2H3,(H2,16,19)(H,17,18,20). The van der Waals surface area contributed by atoms with E-state index >= 15 is 0 Å². The van der Waals surface area contributed by atoms with Crippen molar-refractivity contribution in [2.75, 3.05) is 18.2 Å². The minimum Gasteiger partial charge on any atom is -0.497 e. The van der Waals surface area contributed by atoms with Gasteiger partial charge in [-0.1, -0.05) is 23.5 Å². The van der Waals surface area contributed by atoms with Crippen molar-refractivity contribution in [3.8, 4) is 5.75 Å². The number of aryl methyl sites for hydroxylation is 1. The molecule has 2 rings (SSSR count). The number of aromatic nitrogens is 1. The quantitative estimate of drug-likeness (QED) is 0.746. The number of hydrogen-bond acceptors (Lipinski definition) is 6. The maximum absolute atomic E-state index is 12.1. The van der Waals surface area contributed by atoms with Crippen LogP contribution in [0.5, 0.6) is 5.75 Å². The molecule has 6 nitrogen and oxygen atoms in total. The molecule has 0 aliphatic heterocycles. The smallest absolute Gasteiger partial charge is 0.230 e. The monoisotopic (exact) mass is 351 g/mol. The van der Waals surface area contributed by atoms with Gasteiger partial charge in [-0.2, -0.15) is 0 Å².